The molecule has 0 aliphatic carbocycles. The average molecular weight is 491 g/mol. The number of nitrogens with zero attached hydrogens (tertiary/aromatic N) is 3. The van der Waals surface area contributed by atoms with Crippen LogP contribution in [0.2, 0.25) is 0 Å². The molecule has 2 N–H and O–H groups in total. The molecule has 4 rings (SSSR count). The van der Waals surface area contributed by atoms with Crippen LogP contribution in [0.1, 0.15) is 54.9 Å². The SMILES string of the molecule is CCCCCCCOC(=O)c1c(N)n(CCc2ccc(OC)c(OC)c2)c2nc3ccccc3nc12. The molecule has 0 atom stereocenters. The van der Waals surface area contributed by atoms with Crippen LogP contribution in [0.3, 0.4) is 0 Å². The molecule has 0 radical (unpaired) electrons. The van der Waals surface area contributed by atoms with E-state index in [1.54, 1.807) is 14.2 Å². The highest BCUT2D eigenvalue weighted by Crippen LogP contribution is 2.31. The number of hydrogen-bond acceptors (Lipinski definition) is 7. The second-order valence-corrected chi connectivity index (χ2v) is 8.79. The Balaban J connectivity index is 1.64. The van der Waals surface area contributed by atoms with E-state index in [4.69, 9.17) is 29.9 Å². The summed E-state index contributed by atoms with van der Waals surface area (Å²) in [5.41, 5.74) is 10.4. The van der Waals surface area contributed by atoms with Gasteiger partial charge in [0, 0.05) is 6.54 Å². The number of ether oxygens (including phenoxy) is 3. The zero-order valence-corrected chi connectivity index (χ0v) is 21.3. The van der Waals surface area contributed by atoms with Crippen molar-refractivity contribution in [3.05, 3.63) is 53.6 Å². The fraction of sp³-hybridized carbons (Fsp3) is 0.393. The first-order chi connectivity index (χ1) is 17.6. The zero-order chi connectivity index (χ0) is 25.5. The number of aryl methyl sites for hydroxylation is 2. The quantitative estimate of drug-likeness (QED) is 0.205. The predicted molar refractivity (Wildman–Crippen MR) is 142 cm³/mol. The molecule has 0 aliphatic heterocycles. The Morgan fingerprint density at radius 2 is 1.67 bits per heavy atom. The molecular formula is C28H34N4O4. The summed E-state index contributed by atoms with van der Waals surface area (Å²) in [4.78, 5) is 22.7. The number of para-hydroxylation sites is 2. The summed E-state index contributed by atoms with van der Waals surface area (Å²) in [6, 6.07) is 13.4. The lowest BCUT2D eigenvalue weighted by atomic mass is 10.1. The van der Waals surface area contributed by atoms with Crippen molar-refractivity contribution in [1.29, 1.82) is 0 Å². The number of methoxy groups -OCH3 is 2. The highest BCUT2D eigenvalue weighted by Gasteiger charge is 2.25. The van der Waals surface area contributed by atoms with Gasteiger partial charge in [-0.2, -0.15) is 0 Å². The summed E-state index contributed by atoms with van der Waals surface area (Å²) >= 11 is 0. The molecule has 0 fully saturated rings. The Morgan fingerprint density at radius 1 is 0.944 bits per heavy atom. The third kappa shape index (κ3) is 5.37. The lowest BCUT2D eigenvalue weighted by molar-refractivity contribution is 0.0501. The van der Waals surface area contributed by atoms with Gasteiger partial charge in [-0.05, 0) is 42.7 Å². The fourth-order valence-electron chi connectivity index (χ4n) is 4.36. The average Bonchev–Trinajstić information content (AvgIpc) is 3.17. The molecule has 2 heterocycles. The first-order valence-electron chi connectivity index (χ1n) is 12.5. The maximum Gasteiger partial charge on any atom is 0.344 e. The van der Waals surface area contributed by atoms with Crippen molar-refractivity contribution in [3.8, 4) is 11.5 Å². The molecule has 0 bridgehead atoms. The monoisotopic (exact) mass is 490 g/mol. The van der Waals surface area contributed by atoms with Crippen LogP contribution in [-0.4, -0.2) is 41.3 Å². The van der Waals surface area contributed by atoms with Crippen molar-refractivity contribution in [2.75, 3.05) is 26.6 Å². The van der Waals surface area contributed by atoms with Gasteiger partial charge in [0.15, 0.2) is 17.1 Å². The summed E-state index contributed by atoms with van der Waals surface area (Å²) < 4.78 is 18.2. The molecule has 0 aliphatic rings. The smallest absolute Gasteiger partial charge is 0.344 e. The number of benzene rings is 2. The van der Waals surface area contributed by atoms with Crippen LogP contribution < -0.4 is 15.2 Å². The number of aromatic nitrogens is 3. The Hall–Kier alpha value is -3.81. The molecule has 8 heteroatoms. The first kappa shape index (κ1) is 25.3. The highest BCUT2D eigenvalue weighted by atomic mass is 16.5. The number of rotatable bonds is 12. The Morgan fingerprint density at radius 3 is 2.39 bits per heavy atom. The van der Waals surface area contributed by atoms with Gasteiger partial charge >= 0.3 is 5.97 Å². The minimum Gasteiger partial charge on any atom is -0.493 e. The molecular weight excluding hydrogens is 456 g/mol. The van der Waals surface area contributed by atoms with E-state index >= 15 is 0 Å². The van der Waals surface area contributed by atoms with E-state index in [1.165, 1.54) is 12.8 Å². The van der Waals surface area contributed by atoms with E-state index in [0.717, 1.165) is 30.3 Å². The molecule has 36 heavy (non-hydrogen) atoms. The standard InChI is InChI=1S/C28H34N4O4/c1-4-5-6-7-10-17-36-28(33)24-25-27(31-21-12-9-8-11-20(21)30-25)32(26(24)29)16-15-19-13-14-22(34-2)23(18-19)35-3/h8-9,11-14,18H,4-7,10,15-17,29H2,1-3H3. The molecule has 0 saturated carbocycles. The second kappa shape index (κ2) is 11.7. The number of hydrogen-bond donors (Lipinski definition) is 1. The van der Waals surface area contributed by atoms with Gasteiger partial charge in [-0.15, -0.1) is 0 Å². The first-order valence-corrected chi connectivity index (χ1v) is 12.5. The summed E-state index contributed by atoms with van der Waals surface area (Å²) in [5, 5.41) is 0. The van der Waals surface area contributed by atoms with Crippen molar-refractivity contribution >= 4 is 34.0 Å². The summed E-state index contributed by atoms with van der Waals surface area (Å²) in [6.07, 6.45) is 6.02. The minimum atomic E-state index is -0.456. The van der Waals surface area contributed by atoms with Crippen LogP contribution in [0.15, 0.2) is 42.5 Å². The van der Waals surface area contributed by atoms with E-state index in [0.29, 0.717) is 53.6 Å². The molecule has 8 nitrogen and oxygen atoms in total. The van der Waals surface area contributed by atoms with Gasteiger partial charge in [-0.25, -0.2) is 14.8 Å². The Kier molecular flexibility index (Phi) is 8.25. The van der Waals surface area contributed by atoms with Crippen LogP contribution >= 0.6 is 0 Å². The van der Waals surface area contributed by atoms with Crippen molar-refractivity contribution < 1.29 is 19.0 Å². The number of carbonyl (C=O) groups excluding carboxylic acids is 1. The number of carbonyl (C=O) groups is 1. The van der Waals surface area contributed by atoms with E-state index in [2.05, 4.69) is 6.92 Å². The molecule has 0 saturated heterocycles. The molecule has 0 amide bonds. The second-order valence-electron chi connectivity index (χ2n) is 8.79. The third-order valence-electron chi connectivity index (χ3n) is 6.35. The van der Waals surface area contributed by atoms with E-state index in [9.17, 15) is 4.79 Å². The van der Waals surface area contributed by atoms with Crippen LogP contribution in [0, 0.1) is 0 Å². The van der Waals surface area contributed by atoms with Crippen LogP contribution in [-0.2, 0) is 17.7 Å². The van der Waals surface area contributed by atoms with Crippen LogP contribution in [0.5, 0.6) is 11.5 Å². The highest BCUT2D eigenvalue weighted by molar-refractivity contribution is 6.08. The maximum absolute atomic E-state index is 13.1. The predicted octanol–water partition coefficient (Wildman–Crippen LogP) is 5.55. The van der Waals surface area contributed by atoms with Gasteiger partial charge in [-0.3, -0.25) is 0 Å². The number of unbranched alkanes of at least 4 members (excludes halogenated alkanes) is 4. The molecule has 4 aromatic rings. The largest absolute Gasteiger partial charge is 0.493 e. The number of fused-ring (bicyclic) bond motifs is 2. The van der Waals surface area contributed by atoms with E-state index in [1.807, 2.05) is 47.0 Å². The molecule has 2 aromatic heterocycles. The van der Waals surface area contributed by atoms with Crippen molar-refractivity contribution in [2.45, 2.75) is 52.0 Å². The molecule has 0 unspecified atom stereocenters. The number of nitrogen functional groups attached to an aromatic ring is 1. The van der Waals surface area contributed by atoms with Crippen molar-refractivity contribution in [3.63, 3.8) is 0 Å². The van der Waals surface area contributed by atoms with Crippen molar-refractivity contribution in [1.82, 2.24) is 14.5 Å². The fourth-order valence-corrected chi connectivity index (χ4v) is 4.36. The third-order valence-corrected chi connectivity index (χ3v) is 6.35. The van der Waals surface area contributed by atoms with E-state index in [-0.39, 0.29) is 5.56 Å². The topological polar surface area (TPSA) is 101 Å². The summed E-state index contributed by atoms with van der Waals surface area (Å²) in [6.45, 7) is 3.05. The van der Waals surface area contributed by atoms with Crippen LogP contribution in [0.25, 0.3) is 22.2 Å². The lowest BCUT2D eigenvalue weighted by Crippen LogP contribution is -2.11. The van der Waals surface area contributed by atoms with Gasteiger partial charge in [-0.1, -0.05) is 50.8 Å². The summed E-state index contributed by atoms with van der Waals surface area (Å²) in [5.74, 6) is 1.19. The van der Waals surface area contributed by atoms with Gasteiger partial charge in [0.05, 0.1) is 31.9 Å². The number of nitrogens with two attached hydrogens (primary N) is 1. The maximum atomic E-state index is 13.1. The Bertz CT molecular complexity index is 1350. The van der Waals surface area contributed by atoms with E-state index < -0.39 is 5.97 Å². The molecule has 2 aromatic carbocycles. The normalized spacial score (nSPS) is 11.2. The van der Waals surface area contributed by atoms with Crippen molar-refractivity contribution in [2.24, 2.45) is 0 Å². The molecule has 0 spiro atoms. The van der Waals surface area contributed by atoms with Crippen LogP contribution in [0.4, 0.5) is 5.82 Å². The van der Waals surface area contributed by atoms with Gasteiger partial charge < -0.3 is 24.5 Å². The lowest BCUT2D eigenvalue weighted by Gasteiger charge is -2.11. The van der Waals surface area contributed by atoms with Gasteiger partial charge in [0.1, 0.15) is 16.9 Å². The van der Waals surface area contributed by atoms with Gasteiger partial charge in [0.25, 0.3) is 0 Å². The molecule has 190 valence electrons. The summed E-state index contributed by atoms with van der Waals surface area (Å²) in [7, 11) is 3.22. The Labute approximate surface area is 211 Å². The van der Waals surface area contributed by atoms with Gasteiger partial charge in [0.2, 0.25) is 0 Å². The number of anilines is 1. The number of esters is 1. The zero-order valence-electron chi connectivity index (χ0n) is 21.3. The minimum absolute atomic E-state index is 0.282.